The molecule has 0 saturated heterocycles. The molecule has 0 aliphatic heterocycles. The van der Waals surface area contributed by atoms with E-state index >= 15 is 0 Å². The summed E-state index contributed by atoms with van der Waals surface area (Å²) in [5.74, 6) is 0.732. The van der Waals surface area contributed by atoms with Crippen LogP contribution in [0.15, 0.2) is 231 Å². The minimum Gasteiger partial charge on any atom is -0.309 e. The smallest absolute Gasteiger partial charge is 0.160 e. The Morgan fingerprint density at radius 2 is 0.694 bits per heavy atom. The van der Waals surface area contributed by atoms with Crippen LogP contribution in [0, 0.1) is 20.8 Å². The Hall–Kier alpha value is -9.32. The van der Waals surface area contributed by atoms with Crippen LogP contribution >= 0.6 is 0 Å². The molecule has 4 aromatic heterocycles. The third kappa shape index (κ3) is 6.55. The first-order chi connectivity index (χ1) is 35.4. The van der Waals surface area contributed by atoms with E-state index in [-0.39, 0.29) is 0 Å². The maximum absolute atomic E-state index is 5.17. The second-order valence-electron chi connectivity index (χ2n) is 19.1. The van der Waals surface area contributed by atoms with E-state index in [0.717, 1.165) is 78.7 Å². The Morgan fingerprint density at radius 3 is 1.19 bits per heavy atom. The first kappa shape index (κ1) is 41.6. The van der Waals surface area contributed by atoms with Crippen molar-refractivity contribution in [2.45, 2.75) is 20.8 Å². The number of nitrogens with zero attached hydrogens (tertiary/aromatic N) is 5. The highest BCUT2D eigenvalue weighted by Crippen LogP contribution is 2.41. The van der Waals surface area contributed by atoms with Gasteiger partial charge in [-0.2, -0.15) is 0 Å². The first-order valence-corrected chi connectivity index (χ1v) is 24.7. The van der Waals surface area contributed by atoms with Crippen LogP contribution in [0.4, 0.5) is 0 Å². The number of para-hydroxylation sites is 4. The molecule has 4 heterocycles. The molecule has 0 bridgehead atoms. The van der Waals surface area contributed by atoms with E-state index in [1.54, 1.807) is 0 Å². The van der Waals surface area contributed by atoms with Gasteiger partial charge in [-0.1, -0.05) is 152 Å². The molecule has 0 aliphatic rings. The minimum atomic E-state index is 0.732. The van der Waals surface area contributed by atoms with Gasteiger partial charge in [-0.3, -0.25) is 0 Å². The number of benzene rings is 10. The lowest BCUT2D eigenvalue weighted by Gasteiger charge is -2.15. The van der Waals surface area contributed by atoms with Gasteiger partial charge in [-0.05, 0) is 127 Å². The maximum atomic E-state index is 5.17. The summed E-state index contributed by atoms with van der Waals surface area (Å²) < 4.78 is 7.31. The van der Waals surface area contributed by atoms with Gasteiger partial charge in [-0.25, -0.2) is 9.97 Å². The SMILES string of the molecule is Cc1ccccc1-c1cc(-c2ccc(-c3ccc(-n4c5ccc(-n6c7ccccc7c7ccccc76)cc5c5cc(-n6c7ccccc7c7ccccc76)ccc54)c(C)c3)cc2)nc(-c2ccccc2C)n1. The van der Waals surface area contributed by atoms with E-state index in [1.807, 2.05) is 0 Å². The third-order valence-electron chi connectivity index (χ3n) is 14.9. The molecule has 340 valence electrons. The molecule has 0 spiro atoms. The Morgan fingerprint density at radius 1 is 0.278 bits per heavy atom. The number of hydrogen-bond donors (Lipinski definition) is 0. The molecule has 5 heteroatoms. The van der Waals surface area contributed by atoms with Crippen LogP contribution < -0.4 is 0 Å². The molecule has 0 atom stereocenters. The zero-order valence-electron chi connectivity index (χ0n) is 40.2. The molecule has 5 nitrogen and oxygen atoms in total. The highest BCUT2D eigenvalue weighted by molar-refractivity contribution is 6.14. The topological polar surface area (TPSA) is 40.6 Å². The van der Waals surface area contributed by atoms with E-state index in [2.05, 4.69) is 265 Å². The van der Waals surface area contributed by atoms with Gasteiger partial charge in [0, 0.05) is 66.1 Å². The van der Waals surface area contributed by atoms with E-state index < -0.39 is 0 Å². The Labute approximate surface area is 417 Å². The summed E-state index contributed by atoms with van der Waals surface area (Å²) in [6, 6.07) is 83.7. The van der Waals surface area contributed by atoms with E-state index in [1.165, 1.54) is 65.5 Å². The summed E-state index contributed by atoms with van der Waals surface area (Å²) in [6.45, 7) is 6.50. The average molecular weight is 922 g/mol. The van der Waals surface area contributed by atoms with Gasteiger partial charge in [-0.15, -0.1) is 0 Å². The molecular formula is C67H47N5. The zero-order chi connectivity index (χ0) is 48.0. The van der Waals surface area contributed by atoms with Crippen molar-refractivity contribution >= 4 is 65.4 Å². The summed E-state index contributed by atoms with van der Waals surface area (Å²) >= 11 is 0. The molecule has 72 heavy (non-hydrogen) atoms. The van der Waals surface area contributed by atoms with Crippen molar-refractivity contribution < 1.29 is 0 Å². The van der Waals surface area contributed by atoms with Crippen molar-refractivity contribution in [2.24, 2.45) is 0 Å². The fourth-order valence-electron chi connectivity index (χ4n) is 11.4. The zero-order valence-corrected chi connectivity index (χ0v) is 40.2. The molecular weight excluding hydrogens is 875 g/mol. The predicted molar refractivity (Wildman–Crippen MR) is 301 cm³/mol. The van der Waals surface area contributed by atoms with Crippen molar-refractivity contribution in [1.29, 1.82) is 0 Å². The molecule has 0 aliphatic carbocycles. The molecule has 0 fully saturated rings. The minimum absolute atomic E-state index is 0.732. The normalized spacial score (nSPS) is 11.8. The van der Waals surface area contributed by atoms with Crippen LogP contribution in [-0.4, -0.2) is 23.7 Å². The van der Waals surface area contributed by atoms with Crippen LogP contribution in [0.3, 0.4) is 0 Å². The molecule has 10 aromatic carbocycles. The second-order valence-corrected chi connectivity index (χ2v) is 19.1. The van der Waals surface area contributed by atoms with Crippen LogP contribution in [-0.2, 0) is 0 Å². The molecule has 14 rings (SSSR count). The van der Waals surface area contributed by atoms with E-state index in [4.69, 9.17) is 9.97 Å². The Kier molecular flexibility index (Phi) is 9.48. The highest BCUT2D eigenvalue weighted by Gasteiger charge is 2.20. The van der Waals surface area contributed by atoms with E-state index in [0.29, 0.717) is 0 Å². The van der Waals surface area contributed by atoms with Crippen molar-refractivity contribution in [3.8, 4) is 62.1 Å². The number of rotatable bonds is 7. The van der Waals surface area contributed by atoms with Gasteiger partial charge < -0.3 is 13.7 Å². The molecule has 14 aromatic rings. The predicted octanol–water partition coefficient (Wildman–Crippen LogP) is 17.4. The molecule has 0 saturated carbocycles. The number of fused-ring (bicyclic) bond motifs is 9. The second kappa shape index (κ2) is 16.4. The van der Waals surface area contributed by atoms with Crippen LogP contribution in [0.1, 0.15) is 16.7 Å². The van der Waals surface area contributed by atoms with Crippen molar-refractivity contribution in [3.63, 3.8) is 0 Å². The standard InChI is InChI=1S/C67H47N5/c1-42-16-4-6-18-50(42)59-41-58(68-67(69-59)51-19-7-5-17-43(51)2)46-30-28-45(29-31-46)47-32-35-60(44(3)38-47)72-65-36-33-48(70-61-24-12-8-20-52(61)53-21-9-13-25-62(53)70)39-56(65)57-40-49(34-37-66(57)72)71-63-26-14-10-22-54(63)55-23-11-15-27-64(55)71/h4-41H,1-3H3. The Balaban J connectivity index is 0.903. The lowest BCUT2D eigenvalue weighted by Crippen LogP contribution is -1.99. The van der Waals surface area contributed by atoms with Crippen LogP contribution in [0.5, 0.6) is 0 Å². The highest BCUT2D eigenvalue weighted by atomic mass is 15.0. The van der Waals surface area contributed by atoms with Crippen LogP contribution in [0.25, 0.3) is 128 Å². The molecule has 0 unspecified atom stereocenters. The quantitative estimate of drug-likeness (QED) is 0.160. The van der Waals surface area contributed by atoms with Gasteiger partial charge in [0.15, 0.2) is 5.82 Å². The van der Waals surface area contributed by atoms with Gasteiger partial charge in [0.1, 0.15) is 0 Å². The van der Waals surface area contributed by atoms with Gasteiger partial charge in [0.25, 0.3) is 0 Å². The van der Waals surface area contributed by atoms with Gasteiger partial charge >= 0.3 is 0 Å². The fraction of sp³-hybridized carbons (Fsp3) is 0.0448. The third-order valence-corrected chi connectivity index (χ3v) is 14.9. The monoisotopic (exact) mass is 921 g/mol. The number of aryl methyl sites for hydroxylation is 3. The van der Waals surface area contributed by atoms with Crippen LogP contribution in [0.2, 0.25) is 0 Å². The van der Waals surface area contributed by atoms with Gasteiger partial charge in [0.05, 0.1) is 44.5 Å². The summed E-state index contributed by atoms with van der Waals surface area (Å²) in [7, 11) is 0. The first-order valence-electron chi connectivity index (χ1n) is 24.7. The summed E-state index contributed by atoms with van der Waals surface area (Å²) in [6.07, 6.45) is 0. The van der Waals surface area contributed by atoms with Crippen molar-refractivity contribution in [1.82, 2.24) is 23.7 Å². The molecule has 0 N–H and O–H groups in total. The lowest BCUT2D eigenvalue weighted by molar-refractivity contribution is 1.14. The van der Waals surface area contributed by atoms with Gasteiger partial charge in [0.2, 0.25) is 0 Å². The maximum Gasteiger partial charge on any atom is 0.160 e. The number of hydrogen-bond acceptors (Lipinski definition) is 2. The lowest BCUT2D eigenvalue weighted by atomic mass is 9.99. The summed E-state index contributed by atoms with van der Waals surface area (Å²) in [5.41, 5.74) is 21.4. The van der Waals surface area contributed by atoms with E-state index in [9.17, 15) is 0 Å². The summed E-state index contributed by atoms with van der Waals surface area (Å²) in [4.78, 5) is 10.3. The number of aromatic nitrogens is 5. The molecule has 0 radical (unpaired) electrons. The summed E-state index contributed by atoms with van der Waals surface area (Å²) in [5, 5.41) is 7.41. The molecule has 0 amide bonds. The average Bonchev–Trinajstić information content (AvgIpc) is 4.06. The largest absolute Gasteiger partial charge is 0.309 e. The van der Waals surface area contributed by atoms with Crippen molar-refractivity contribution in [3.05, 3.63) is 247 Å². The Bertz CT molecular complexity index is 4150. The van der Waals surface area contributed by atoms with Crippen molar-refractivity contribution in [2.75, 3.05) is 0 Å². The fourth-order valence-corrected chi connectivity index (χ4v) is 11.4.